The number of nitrogens with zero attached hydrogens (tertiary/aromatic N) is 5. The maximum absolute atomic E-state index is 11.7. The Morgan fingerprint density at radius 2 is 2.30 bits per heavy atom. The molecule has 0 bridgehead atoms. The zero-order valence-corrected chi connectivity index (χ0v) is 11.4. The van der Waals surface area contributed by atoms with Gasteiger partial charge in [0.15, 0.2) is 5.82 Å². The topological polar surface area (TPSA) is 103 Å². The van der Waals surface area contributed by atoms with Crippen LogP contribution in [0.2, 0.25) is 0 Å². The smallest absolute Gasteiger partial charge is 0.311 e. The molecule has 0 radical (unpaired) electrons. The summed E-state index contributed by atoms with van der Waals surface area (Å²) in [7, 11) is 0. The highest BCUT2D eigenvalue weighted by atomic mass is 32.1. The van der Waals surface area contributed by atoms with Crippen LogP contribution in [-0.4, -0.2) is 49.5 Å². The Morgan fingerprint density at radius 3 is 2.95 bits per heavy atom. The van der Waals surface area contributed by atoms with Crippen molar-refractivity contribution >= 4 is 17.3 Å². The average Bonchev–Trinajstić information content (AvgIpc) is 3.10. The van der Waals surface area contributed by atoms with Gasteiger partial charge in [-0.05, 0) is 23.3 Å². The van der Waals surface area contributed by atoms with Crippen molar-refractivity contribution in [2.24, 2.45) is 5.41 Å². The van der Waals surface area contributed by atoms with Crippen LogP contribution in [0.4, 0.5) is 0 Å². The quantitative estimate of drug-likeness (QED) is 0.884. The largest absolute Gasteiger partial charge is 0.481 e. The number of carbonyl (C=O) groups is 1. The molecule has 2 aromatic heterocycles. The van der Waals surface area contributed by atoms with Crippen molar-refractivity contribution in [2.75, 3.05) is 13.2 Å². The molecule has 1 N–H and O–H groups in total. The van der Waals surface area contributed by atoms with Crippen LogP contribution in [0, 0.1) is 5.41 Å². The Hall–Kier alpha value is -1.87. The lowest BCUT2D eigenvalue weighted by molar-refractivity contribution is -0.156. The summed E-state index contributed by atoms with van der Waals surface area (Å²) >= 11 is 1.42. The molecule has 1 aliphatic rings. The zero-order chi connectivity index (χ0) is 14.0. The monoisotopic (exact) mass is 295 g/mol. The summed E-state index contributed by atoms with van der Waals surface area (Å²) in [5.74, 6) is -0.272. The van der Waals surface area contributed by atoms with Crippen LogP contribution in [0.15, 0.2) is 11.7 Å². The highest BCUT2D eigenvalue weighted by Gasteiger charge is 2.41. The number of ether oxygens (including phenoxy) is 1. The zero-order valence-electron chi connectivity index (χ0n) is 10.6. The first kappa shape index (κ1) is 13.1. The fraction of sp³-hybridized carbons (Fsp3) is 0.545. The van der Waals surface area contributed by atoms with Gasteiger partial charge in [0.25, 0.3) is 0 Å². The number of rotatable bonds is 4. The molecule has 1 saturated heterocycles. The molecule has 0 amide bonds. The molecule has 0 saturated carbocycles. The van der Waals surface area contributed by atoms with Gasteiger partial charge in [0.2, 0.25) is 0 Å². The van der Waals surface area contributed by atoms with E-state index in [9.17, 15) is 9.90 Å². The van der Waals surface area contributed by atoms with Crippen LogP contribution in [0.5, 0.6) is 0 Å². The molecule has 0 atom stereocenters. The second kappa shape index (κ2) is 5.25. The molecule has 20 heavy (non-hydrogen) atoms. The van der Waals surface area contributed by atoms with Crippen LogP contribution >= 0.6 is 11.3 Å². The van der Waals surface area contributed by atoms with Crippen LogP contribution in [0.3, 0.4) is 0 Å². The summed E-state index contributed by atoms with van der Waals surface area (Å²) in [5, 5.41) is 21.1. The predicted molar refractivity (Wildman–Crippen MR) is 69.0 cm³/mol. The summed E-state index contributed by atoms with van der Waals surface area (Å²) in [4.78, 5) is 16.5. The van der Waals surface area contributed by atoms with Crippen LogP contribution in [0.25, 0.3) is 10.7 Å². The van der Waals surface area contributed by atoms with E-state index in [4.69, 9.17) is 4.74 Å². The molecule has 2 aromatic rings. The first-order valence-electron chi connectivity index (χ1n) is 6.17. The molecule has 0 unspecified atom stereocenters. The van der Waals surface area contributed by atoms with Crippen LogP contribution in [0.1, 0.15) is 12.8 Å². The molecular formula is C11H13N5O3S. The number of carboxylic acid groups (broad SMARTS) is 1. The van der Waals surface area contributed by atoms with Crippen molar-refractivity contribution < 1.29 is 14.6 Å². The minimum atomic E-state index is -0.868. The highest BCUT2D eigenvalue weighted by molar-refractivity contribution is 7.13. The molecule has 1 aliphatic heterocycles. The molecule has 9 heteroatoms. The van der Waals surface area contributed by atoms with Crippen molar-refractivity contribution in [3.8, 4) is 10.7 Å². The number of carboxylic acids is 1. The van der Waals surface area contributed by atoms with Gasteiger partial charge in [0.1, 0.15) is 0 Å². The number of hydrogen-bond acceptors (Lipinski definition) is 7. The molecule has 3 rings (SSSR count). The van der Waals surface area contributed by atoms with E-state index in [1.807, 2.05) is 0 Å². The third-order valence-electron chi connectivity index (χ3n) is 3.54. The van der Waals surface area contributed by atoms with E-state index in [-0.39, 0.29) is 6.54 Å². The predicted octanol–water partition coefficient (Wildman–Crippen LogP) is 0.678. The van der Waals surface area contributed by atoms with E-state index in [1.165, 1.54) is 11.3 Å². The van der Waals surface area contributed by atoms with Crippen LogP contribution < -0.4 is 0 Å². The van der Waals surface area contributed by atoms with Gasteiger partial charge < -0.3 is 9.84 Å². The van der Waals surface area contributed by atoms with Crippen molar-refractivity contribution in [2.45, 2.75) is 19.4 Å². The summed E-state index contributed by atoms with van der Waals surface area (Å²) in [5.41, 5.74) is 0.822. The maximum Gasteiger partial charge on any atom is 0.311 e. The van der Waals surface area contributed by atoms with E-state index in [0.717, 1.165) is 4.88 Å². The molecule has 3 heterocycles. The fourth-order valence-electron chi connectivity index (χ4n) is 2.30. The lowest BCUT2D eigenvalue weighted by Crippen LogP contribution is -2.41. The van der Waals surface area contributed by atoms with Gasteiger partial charge in [-0.15, -0.1) is 16.4 Å². The van der Waals surface area contributed by atoms with Crippen molar-refractivity contribution in [1.29, 1.82) is 0 Å². The lowest BCUT2D eigenvalue weighted by Gasteiger charge is -2.32. The van der Waals surface area contributed by atoms with E-state index < -0.39 is 11.4 Å². The Bertz CT molecular complexity index is 591. The molecule has 0 spiro atoms. The summed E-state index contributed by atoms with van der Waals surface area (Å²) in [6.07, 6.45) is 2.60. The first-order valence-corrected chi connectivity index (χ1v) is 7.05. The van der Waals surface area contributed by atoms with Crippen molar-refractivity contribution in [1.82, 2.24) is 25.2 Å². The standard InChI is InChI=1S/C11H13N5O3S/c17-10(18)11(1-3-19-4-2-11)6-16-9(13-14-15-16)8-5-12-7-20-8/h5,7H,1-4,6H2,(H,17,18). The Balaban J connectivity index is 1.90. The summed E-state index contributed by atoms with van der Waals surface area (Å²) in [6, 6.07) is 0. The Labute approximate surface area is 118 Å². The molecule has 0 aromatic carbocycles. The third-order valence-corrected chi connectivity index (χ3v) is 4.31. The SMILES string of the molecule is O=C(O)C1(Cn2nnnc2-c2cncs2)CCOCC1. The molecule has 0 aliphatic carbocycles. The van der Waals surface area contributed by atoms with Crippen LogP contribution in [-0.2, 0) is 16.1 Å². The van der Waals surface area contributed by atoms with Crippen molar-refractivity contribution in [3.63, 3.8) is 0 Å². The average molecular weight is 295 g/mol. The van der Waals surface area contributed by atoms with Gasteiger partial charge in [-0.2, -0.15) is 0 Å². The van der Waals surface area contributed by atoms with Gasteiger partial charge in [0.05, 0.1) is 22.3 Å². The number of thiazole rings is 1. The summed E-state index contributed by atoms with van der Waals surface area (Å²) < 4.78 is 6.81. The minimum Gasteiger partial charge on any atom is -0.481 e. The molecule has 1 fully saturated rings. The molecular weight excluding hydrogens is 282 g/mol. The Kier molecular flexibility index (Phi) is 3.45. The second-order valence-electron chi connectivity index (χ2n) is 4.72. The fourth-order valence-corrected chi connectivity index (χ4v) is 2.91. The van der Waals surface area contributed by atoms with Gasteiger partial charge in [-0.3, -0.25) is 9.78 Å². The highest BCUT2D eigenvalue weighted by Crippen LogP contribution is 2.34. The third kappa shape index (κ3) is 2.29. The van der Waals surface area contributed by atoms with Crippen molar-refractivity contribution in [3.05, 3.63) is 11.7 Å². The number of aromatic nitrogens is 5. The number of tetrazole rings is 1. The van der Waals surface area contributed by atoms with E-state index in [2.05, 4.69) is 20.5 Å². The Morgan fingerprint density at radius 1 is 1.50 bits per heavy atom. The number of hydrogen-bond donors (Lipinski definition) is 1. The van der Waals surface area contributed by atoms with E-state index >= 15 is 0 Å². The number of aliphatic carboxylic acids is 1. The van der Waals surface area contributed by atoms with Gasteiger partial charge in [-0.1, -0.05) is 0 Å². The normalized spacial score (nSPS) is 18.0. The van der Waals surface area contributed by atoms with E-state index in [1.54, 1.807) is 16.4 Å². The van der Waals surface area contributed by atoms with Gasteiger partial charge in [-0.25, -0.2) is 4.68 Å². The van der Waals surface area contributed by atoms with Gasteiger partial charge >= 0.3 is 5.97 Å². The maximum atomic E-state index is 11.7. The lowest BCUT2D eigenvalue weighted by atomic mass is 9.80. The molecule has 8 nitrogen and oxygen atoms in total. The molecule has 106 valence electrons. The van der Waals surface area contributed by atoms with Gasteiger partial charge in [0, 0.05) is 19.4 Å². The second-order valence-corrected chi connectivity index (χ2v) is 5.61. The summed E-state index contributed by atoms with van der Waals surface area (Å²) in [6.45, 7) is 1.14. The first-order chi connectivity index (χ1) is 9.71. The minimum absolute atomic E-state index is 0.242. The van der Waals surface area contributed by atoms with E-state index in [0.29, 0.717) is 31.9 Å².